The van der Waals surface area contributed by atoms with Crippen molar-refractivity contribution in [3.05, 3.63) is 30.1 Å². The van der Waals surface area contributed by atoms with E-state index >= 15 is 0 Å². The van der Waals surface area contributed by atoms with Gasteiger partial charge in [0, 0.05) is 25.2 Å². The maximum absolute atomic E-state index is 11.9. The molecule has 1 saturated heterocycles. The van der Waals surface area contributed by atoms with E-state index in [1.807, 2.05) is 18.2 Å². The summed E-state index contributed by atoms with van der Waals surface area (Å²) >= 11 is 0. The van der Waals surface area contributed by atoms with Gasteiger partial charge in [0.1, 0.15) is 0 Å². The highest BCUT2D eigenvalue weighted by Gasteiger charge is 2.48. The van der Waals surface area contributed by atoms with Gasteiger partial charge in [-0.3, -0.25) is 4.98 Å². The summed E-state index contributed by atoms with van der Waals surface area (Å²) in [7, 11) is -3.17. The van der Waals surface area contributed by atoms with Gasteiger partial charge in [-0.1, -0.05) is 12.5 Å². The predicted octanol–water partition coefficient (Wildman–Crippen LogP) is 1.43. The molecule has 2 fully saturated rings. The van der Waals surface area contributed by atoms with Crippen LogP contribution in [0.4, 0.5) is 0 Å². The fourth-order valence-corrected chi connectivity index (χ4v) is 4.45. The lowest BCUT2D eigenvalue weighted by Gasteiger charge is -2.43. The van der Waals surface area contributed by atoms with Gasteiger partial charge in [-0.15, -0.1) is 0 Å². The number of hydrogen-bond acceptors (Lipinski definition) is 5. The van der Waals surface area contributed by atoms with Crippen LogP contribution in [0.5, 0.6) is 0 Å². The van der Waals surface area contributed by atoms with E-state index in [0.29, 0.717) is 32.9 Å². The molecule has 0 unspecified atom stereocenters. The van der Waals surface area contributed by atoms with E-state index in [0.717, 1.165) is 25.0 Å². The predicted molar refractivity (Wildman–Crippen MR) is 86.3 cm³/mol. The van der Waals surface area contributed by atoms with Crippen LogP contribution in [0, 0.1) is 5.92 Å². The van der Waals surface area contributed by atoms with Crippen LogP contribution in [0.25, 0.3) is 0 Å². The summed E-state index contributed by atoms with van der Waals surface area (Å²) in [6.45, 7) is 2.41. The summed E-state index contributed by atoms with van der Waals surface area (Å²) < 4.78 is 37.2. The number of aromatic nitrogens is 1. The Morgan fingerprint density at radius 2 is 2.35 bits per heavy atom. The molecule has 1 saturated carbocycles. The Bertz CT molecular complexity index is 622. The molecular weight excluding hydrogens is 316 g/mol. The van der Waals surface area contributed by atoms with E-state index in [4.69, 9.17) is 9.47 Å². The summed E-state index contributed by atoms with van der Waals surface area (Å²) in [5.41, 5.74) is 0.521. The molecule has 1 aliphatic heterocycles. The third-order valence-corrected chi connectivity index (χ3v) is 6.08. The minimum atomic E-state index is -3.17. The minimum absolute atomic E-state index is 0.232. The molecule has 0 bridgehead atoms. The second-order valence-electron chi connectivity index (χ2n) is 6.44. The van der Waals surface area contributed by atoms with Gasteiger partial charge in [-0.2, -0.15) is 4.31 Å². The first-order chi connectivity index (χ1) is 11.0. The number of nitrogens with zero attached hydrogens (tertiary/aromatic N) is 2. The highest BCUT2D eigenvalue weighted by Crippen LogP contribution is 2.41. The van der Waals surface area contributed by atoms with Gasteiger partial charge in [-0.05, 0) is 25.0 Å². The Morgan fingerprint density at radius 3 is 3.09 bits per heavy atom. The van der Waals surface area contributed by atoms with Gasteiger partial charge in [-0.25, -0.2) is 8.42 Å². The quantitative estimate of drug-likeness (QED) is 0.811. The molecule has 3 rings (SSSR count). The van der Waals surface area contributed by atoms with Crippen molar-refractivity contribution in [3.8, 4) is 0 Å². The summed E-state index contributed by atoms with van der Waals surface area (Å²) in [5, 5.41) is 0. The van der Waals surface area contributed by atoms with Gasteiger partial charge < -0.3 is 9.47 Å². The molecule has 0 aromatic carbocycles. The third-order valence-electron chi connectivity index (χ3n) is 4.83. The SMILES string of the molecule is CS(=O)(=O)N1CCO[C@]2(CCC[C@H]2COCc2ccccn2)C1. The lowest BCUT2D eigenvalue weighted by Crippen LogP contribution is -2.55. The van der Waals surface area contributed by atoms with Crippen LogP contribution in [0.2, 0.25) is 0 Å². The lowest BCUT2D eigenvalue weighted by molar-refractivity contribution is -0.127. The summed E-state index contributed by atoms with van der Waals surface area (Å²) in [5.74, 6) is 0.232. The van der Waals surface area contributed by atoms with E-state index in [1.54, 1.807) is 10.5 Å². The van der Waals surface area contributed by atoms with E-state index < -0.39 is 10.0 Å². The van der Waals surface area contributed by atoms with Crippen molar-refractivity contribution < 1.29 is 17.9 Å². The van der Waals surface area contributed by atoms with Crippen LogP contribution in [-0.2, 0) is 26.1 Å². The van der Waals surface area contributed by atoms with Crippen molar-refractivity contribution in [2.75, 3.05) is 32.6 Å². The van der Waals surface area contributed by atoms with Gasteiger partial charge in [0.15, 0.2) is 0 Å². The van der Waals surface area contributed by atoms with Crippen LogP contribution in [0.3, 0.4) is 0 Å². The van der Waals surface area contributed by atoms with Crippen LogP contribution >= 0.6 is 0 Å². The molecule has 6 nitrogen and oxygen atoms in total. The monoisotopic (exact) mass is 340 g/mol. The zero-order valence-corrected chi connectivity index (χ0v) is 14.3. The Kier molecular flexibility index (Phi) is 5.01. The van der Waals surface area contributed by atoms with Gasteiger partial charge in [0.25, 0.3) is 0 Å². The largest absolute Gasteiger partial charge is 0.375 e. The van der Waals surface area contributed by atoms with Crippen molar-refractivity contribution in [2.45, 2.75) is 31.5 Å². The van der Waals surface area contributed by atoms with E-state index in [-0.39, 0.29) is 11.5 Å². The molecular formula is C16H24N2O4S. The molecule has 1 aromatic heterocycles. The minimum Gasteiger partial charge on any atom is -0.375 e. The highest BCUT2D eigenvalue weighted by atomic mass is 32.2. The van der Waals surface area contributed by atoms with Crippen LogP contribution < -0.4 is 0 Å². The lowest BCUT2D eigenvalue weighted by atomic mass is 9.90. The van der Waals surface area contributed by atoms with Crippen molar-refractivity contribution >= 4 is 10.0 Å². The van der Waals surface area contributed by atoms with Gasteiger partial charge >= 0.3 is 0 Å². The molecule has 2 atom stereocenters. The first kappa shape index (κ1) is 16.8. The topological polar surface area (TPSA) is 68.7 Å². The normalized spacial score (nSPS) is 29.2. The number of ether oxygens (including phenoxy) is 2. The molecule has 0 radical (unpaired) electrons. The molecule has 128 valence electrons. The smallest absolute Gasteiger partial charge is 0.211 e. The Balaban J connectivity index is 1.60. The second-order valence-corrected chi connectivity index (χ2v) is 8.42. The average molecular weight is 340 g/mol. The van der Waals surface area contributed by atoms with Crippen molar-refractivity contribution in [1.82, 2.24) is 9.29 Å². The van der Waals surface area contributed by atoms with Crippen molar-refractivity contribution in [2.24, 2.45) is 5.92 Å². The molecule has 1 spiro atoms. The third kappa shape index (κ3) is 3.91. The molecule has 2 heterocycles. The number of rotatable bonds is 5. The maximum Gasteiger partial charge on any atom is 0.211 e. The molecule has 0 N–H and O–H groups in total. The van der Waals surface area contributed by atoms with E-state index in [2.05, 4.69) is 4.98 Å². The fraction of sp³-hybridized carbons (Fsp3) is 0.688. The molecule has 1 aliphatic carbocycles. The van der Waals surface area contributed by atoms with Gasteiger partial charge in [0.05, 0.1) is 37.4 Å². The Labute approximate surface area is 137 Å². The number of pyridine rings is 1. The summed E-state index contributed by atoms with van der Waals surface area (Å²) in [4.78, 5) is 4.25. The molecule has 23 heavy (non-hydrogen) atoms. The first-order valence-corrected chi connectivity index (χ1v) is 9.91. The summed E-state index contributed by atoms with van der Waals surface area (Å²) in [6, 6.07) is 5.76. The van der Waals surface area contributed by atoms with Crippen molar-refractivity contribution in [1.29, 1.82) is 0 Å². The molecule has 2 aliphatic rings. The second kappa shape index (κ2) is 6.84. The van der Waals surface area contributed by atoms with Gasteiger partial charge in [0.2, 0.25) is 10.0 Å². The number of sulfonamides is 1. The molecule has 1 aromatic rings. The van der Waals surface area contributed by atoms with E-state index in [1.165, 1.54) is 6.26 Å². The Morgan fingerprint density at radius 1 is 1.48 bits per heavy atom. The Hall–Kier alpha value is -1.02. The summed E-state index contributed by atoms with van der Waals surface area (Å²) in [6.07, 6.45) is 5.99. The van der Waals surface area contributed by atoms with E-state index in [9.17, 15) is 8.42 Å². The van der Waals surface area contributed by atoms with Crippen molar-refractivity contribution in [3.63, 3.8) is 0 Å². The van der Waals surface area contributed by atoms with Crippen LogP contribution in [0.15, 0.2) is 24.4 Å². The zero-order chi connectivity index (χ0) is 16.3. The van der Waals surface area contributed by atoms with Crippen LogP contribution in [0.1, 0.15) is 25.0 Å². The average Bonchev–Trinajstić information content (AvgIpc) is 2.90. The fourth-order valence-electron chi connectivity index (χ4n) is 3.59. The number of morpholine rings is 1. The molecule has 0 amide bonds. The zero-order valence-electron chi connectivity index (χ0n) is 13.5. The standard InChI is InChI=1S/C16H24N2O4S/c1-23(19,20)18-9-10-22-16(13-18)7-4-5-14(16)11-21-12-15-6-2-3-8-17-15/h2-3,6,8,14H,4-5,7,9-13H2,1H3/t14-,16+/m0/s1. The first-order valence-electron chi connectivity index (χ1n) is 8.06. The highest BCUT2D eigenvalue weighted by molar-refractivity contribution is 7.88. The van der Waals surface area contributed by atoms with Crippen LogP contribution in [-0.4, -0.2) is 55.9 Å². The maximum atomic E-state index is 11.9. The molecule has 7 heteroatoms. The number of hydrogen-bond donors (Lipinski definition) is 0.